The maximum Gasteiger partial charge on any atom is 0.249 e. The molecule has 0 atom stereocenters. The first-order chi connectivity index (χ1) is 9.04. The summed E-state index contributed by atoms with van der Waals surface area (Å²) in [7, 11) is 0. The van der Waals surface area contributed by atoms with E-state index in [0.29, 0.717) is 10.6 Å². The second kappa shape index (κ2) is 4.51. The SMILES string of the molecule is NC(=O)c1cc(Br)cc2cc3cc(Cl)ccc3cc12. The predicted octanol–water partition coefficient (Wildman–Crippen LogP) is 4.51. The molecule has 3 aromatic carbocycles. The van der Waals surface area contributed by atoms with Gasteiger partial charge in [0.15, 0.2) is 0 Å². The Kier molecular flexibility index (Phi) is 2.96. The number of rotatable bonds is 1. The number of hydrogen-bond donors (Lipinski definition) is 1. The molecule has 1 amide bonds. The van der Waals surface area contributed by atoms with Crippen LogP contribution in [0.3, 0.4) is 0 Å². The van der Waals surface area contributed by atoms with Crippen molar-refractivity contribution in [3.8, 4) is 0 Å². The molecule has 0 fully saturated rings. The summed E-state index contributed by atoms with van der Waals surface area (Å²) in [5.41, 5.74) is 5.95. The second-order valence-electron chi connectivity index (χ2n) is 4.38. The van der Waals surface area contributed by atoms with Crippen LogP contribution in [0.5, 0.6) is 0 Å². The molecule has 0 aliphatic carbocycles. The lowest BCUT2D eigenvalue weighted by molar-refractivity contribution is 0.100. The van der Waals surface area contributed by atoms with E-state index in [1.165, 1.54) is 0 Å². The molecule has 0 saturated carbocycles. The van der Waals surface area contributed by atoms with Crippen LogP contribution in [0.4, 0.5) is 0 Å². The molecule has 2 N–H and O–H groups in total. The van der Waals surface area contributed by atoms with Gasteiger partial charge < -0.3 is 5.73 Å². The summed E-state index contributed by atoms with van der Waals surface area (Å²) >= 11 is 9.40. The lowest BCUT2D eigenvalue weighted by Gasteiger charge is -2.07. The average Bonchev–Trinajstić information content (AvgIpc) is 2.35. The molecule has 0 unspecified atom stereocenters. The van der Waals surface area contributed by atoms with Crippen molar-refractivity contribution in [1.29, 1.82) is 0 Å². The number of benzene rings is 3. The summed E-state index contributed by atoms with van der Waals surface area (Å²) in [5, 5.41) is 4.57. The molecule has 0 radical (unpaired) electrons. The number of nitrogens with two attached hydrogens (primary N) is 1. The molecule has 0 saturated heterocycles. The highest BCUT2D eigenvalue weighted by molar-refractivity contribution is 9.10. The van der Waals surface area contributed by atoms with Crippen molar-refractivity contribution in [1.82, 2.24) is 0 Å². The minimum atomic E-state index is -0.431. The van der Waals surface area contributed by atoms with Crippen molar-refractivity contribution in [2.45, 2.75) is 0 Å². The third-order valence-corrected chi connectivity index (χ3v) is 3.79. The van der Waals surface area contributed by atoms with E-state index in [-0.39, 0.29) is 0 Å². The minimum Gasteiger partial charge on any atom is -0.366 e. The third kappa shape index (κ3) is 2.20. The quantitative estimate of drug-likeness (QED) is 0.654. The monoisotopic (exact) mass is 333 g/mol. The van der Waals surface area contributed by atoms with Crippen LogP contribution >= 0.6 is 27.5 Å². The van der Waals surface area contributed by atoms with Gasteiger partial charge >= 0.3 is 0 Å². The van der Waals surface area contributed by atoms with Crippen LogP contribution < -0.4 is 5.73 Å². The smallest absolute Gasteiger partial charge is 0.249 e. The fourth-order valence-electron chi connectivity index (χ4n) is 2.25. The van der Waals surface area contributed by atoms with Gasteiger partial charge in [0.05, 0.1) is 0 Å². The first kappa shape index (κ1) is 12.5. The Morgan fingerprint density at radius 1 is 1.00 bits per heavy atom. The Bertz CT molecular complexity index is 829. The van der Waals surface area contributed by atoms with Gasteiger partial charge in [-0.1, -0.05) is 33.6 Å². The largest absolute Gasteiger partial charge is 0.366 e. The molecule has 0 aliphatic heterocycles. The van der Waals surface area contributed by atoms with E-state index in [2.05, 4.69) is 15.9 Å². The summed E-state index contributed by atoms with van der Waals surface area (Å²) in [6.45, 7) is 0. The standard InChI is InChI=1S/C15H9BrClNO/c16-11-4-10-3-9-5-12(17)2-1-8(9)6-13(10)14(7-11)15(18)19/h1-7H,(H2,18,19). The summed E-state index contributed by atoms with van der Waals surface area (Å²) in [4.78, 5) is 11.5. The van der Waals surface area contributed by atoms with E-state index in [0.717, 1.165) is 26.0 Å². The lowest BCUT2D eigenvalue weighted by Crippen LogP contribution is -2.11. The molecule has 0 aliphatic rings. The first-order valence-electron chi connectivity index (χ1n) is 5.67. The Morgan fingerprint density at radius 2 is 1.79 bits per heavy atom. The molecule has 94 valence electrons. The zero-order valence-electron chi connectivity index (χ0n) is 9.78. The Hall–Kier alpha value is -1.58. The van der Waals surface area contributed by atoms with Crippen LogP contribution in [0.1, 0.15) is 10.4 Å². The highest BCUT2D eigenvalue weighted by Gasteiger charge is 2.09. The van der Waals surface area contributed by atoms with Crippen LogP contribution in [-0.2, 0) is 0 Å². The number of primary amides is 1. The average molecular weight is 335 g/mol. The molecule has 3 aromatic rings. The number of hydrogen-bond acceptors (Lipinski definition) is 1. The van der Waals surface area contributed by atoms with Gasteiger partial charge in [0, 0.05) is 15.1 Å². The maximum atomic E-state index is 11.5. The van der Waals surface area contributed by atoms with Crippen molar-refractivity contribution in [3.05, 3.63) is 57.5 Å². The van der Waals surface area contributed by atoms with Crippen molar-refractivity contribution < 1.29 is 4.79 Å². The van der Waals surface area contributed by atoms with Gasteiger partial charge in [-0.05, 0) is 57.9 Å². The molecular weight excluding hydrogens is 326 g/mol. The minimum absolute atomic E-state index is 0.431. The predicted molar refractivity (Wildman–Crippen MR) is 82.7 cm³/mol. The van der Waals surface area contributed by atoms with Crippen molar-refractivity contribution in [3.63, 3.8) is 0 Å². The maximum absolute atomic E-state index is 11.5. The van der Waals surface area contributed by atoms with Gasteiger partial charge in [0.2, 0.25) is 5.91 Å². The molecular formula is C15H9BrClNO. The van der Waals surface area contributed by atoms with E-state index >= 15 is 0 Å². The van der Waals surface area contributed by atoms with Gasteiger partial charge in [-0.2, -0.15) is 0 Å². The van der Waals surface area contributed by atoms with Gasteiger partial charge in [-0.15, -0.1) is 0 Å². The lowest BCUT2D eigenvalue weighted by atomic mass is 9.99. The van der Waals surface area contributed by atoms with Crippen molar-refractivity contribution in [2.24, 2.45) is 5.73 Å². The fourth-order valence-corrected chi connectivity index (χ4v) is 2.90. The molecule has 0 spiro atoms. The first-order valence-corrected chi connectivity index (χ1v) is 6.84. The molecule has 0 heterocycles. The number of fused-ring (bicyclic) bond motifs is 2. The van der Waals surface area contributed by atoms with Crippen LogP contribution in [0, 0.1) is 0 Å². The summed E-state index contributed by atoms with van der Waals surface area (Å²) in [6, 6.07) is 13.3. The summed E-state index contributed by atoms with van der Waals surface area (Å²) in [6.07, 6.45) is 0. The highest BCUT2D eigenvalue weighted by Crippen LogP contribution is 2.30. The Balaban J connectivity index is 2.47. The summed E-state index contributed by atoms with van der Waals surface area (Å²) in [5.74, 6) is -0.431. The second-order valence-corrected chi connectivity index (χ2v) is 5.73. The zero-order valence-corrected chi connectivity index (χ0v) is 12.1. The van der Waals surface area contributed by atoms with E-state index < -0.39 is 5.91 Å². The van der Waals surface area contributed by atoms with E-state index in [9.17, 15) is 4.79 Å². The third-order valence-electron chi connectivity index (χ3n) is 3.10. The van der Waals surface area contributed by atoms with Crippen LogP contribution in [0.2, 0.25) is 5.02 Å². The molecule has 3 rings (SSSR count). The Labute approximate surface area is 123 Å². The van der Waals surface area contributed by atoms with E-state index in [1.807, 2.05) is 36.4 Å². The van der Waals surface area contributed by atoms with Crippen LogP contribution in [0.25, 0.3) is 21.5 Å². The fraction of sp³-hybridized carbons (Fsp3) is 0. The van der Waals surface area contributed by atoms with Crippen LogP contribution in [0.15, 0.2) is 46.9 Å². The van der Waals surface area contributed by atoms with E-state index in [1.54, 1.807) is 6.07 Å². The van der Waals surface area contributed by atoms with Gasteiger partial charge in [-0.3, -0.25) is 4.79 Å². The normalized spacial score (nSPS) is 11.1. The summed E-state index contributed by atoms with van der Waals surface area (Å²) < 4.78 is 0.829. The van der Waals surface area contributed by atoms with Gasteiger partial charge in [0.25, 0.3) is 0 Å². The highest BCUT2D eigenvalue weighted by atomic mass is 79.9. The number of amides is 1. The van der Waals surface area contributed by atoms with Crippen molar-refractivity contribution in [2.75, 3.05) is 0 Å². The molecule has 4 heteroatoms. The Morgan fingerprint density at radius 3 is 2.53 bits per heavy atom. The molecule has 0 bridgehead atoms. The zero-order chi connectivity index (χ0) is 13.6. The number of carbonyl (C=O) groups is 1. The number of carbonyl (C=O) groups excluding carboxylic acids is 1. The molecule has 2 nitrogen and oxygen atoms in total. The van der Waals surface area contributed by atoms with E-state index in [4.69, 9.17) is 17.3 Å². The molecule has 0 aromatic heterocycles. The van der Waals surface area contributed by atoms with Gasteiger partial charge in [0.1, 0.15) is 0 Å². The van der Waals surface area contributed by atoms with Crippen molar-refractivity contribution >= 4 is 55.0 Å². The molecule has 19 heavy (non-hydrogen) atoms. The van der Waals surface area contributed by atoms with Crippen LogP contribution in [-0.4, -0.2) is 5.91 Å². The topological polar surface area (TPSA) is 43.1 Å². The number of halogens is 2. The van der Waals surface area contributed by atoms with Gasteiger partial charge in [-0.25, -0.2) is 0 Å².